The first-order chi connectivity index (χ1) is 15.9. The van der Waals surface area contributed by atoms with Crippen molar-refractivity contribution in [2.45, 2.75) is 76.2 Å². The van der Waals surface area contributed by atoms with Crippen molar-refractivity contribution in [2.75, 3.05) is 20.1 Å². The van der Waals surface area contributed by atoms with Gasteiger partial charge in [-0.15, -0.1) is 0 Å². The molecule has 1 spiro atoms. The number of hydrogen-bond acceptors (Lipinski definition) is 3. The van der Waals surface area contributed by atoms with Crippen LogP contribution in [0.5, 0.6) is 5.75 Å². The summed E-state index contributed by atoms with van der Waals surface area (Å²) in [6.45, 7) is 4.33. The summed E-state index contributed by atoms with van der Waals surface area (Å²) in [5, 5.41) is 9.37. The van der Waals surface area contributed by atoms with Crippen LogP contribution < -0.4 is 4.74 Å². The van der Waals surface area contributed by atoms with E-state index in [9.17, 15) is 9.90 Å². The lowest BCUT2D eigenvalue weighted by molar-refractivity contribution is -0.143. The quantitative estimate of drug-likeness (QED) is 0.493. The lowest BCUT2D eigenvalue weighted by Gasteiger charge is -2.37. The van der Waals surface area contributed by atoms with E-state index >= 15 is 0 Å². The van der Waals surface area contributed by atoms with Crippen LogP contribution in [0, 0.1) is 5.92 Å². The Kier molecular flexibility index (Phi) is 7.75. The highest BCUT2D eigenvalue weighted by molar-refractivity contribution is 5.70. The maximum atomic E-state index is 11.4. The van der Waals surface area contributed by atoms with Crippen molar-refractivity contribution >= 4 is 5.97 Å². The minimum atomic E-state index is -0.625. The van der Waals surface area contributed by atoms with Crippen LogP contribution >= 0.6 is 0 Å². The van der Waals surface area contributed by atoms with E-state index in [1.165, 1.54) is 16.7 Å². The van der Waals surface area contributed by atoms with Gasteiger partial charge in [0, 0.05) is 6.54 Å². The SMILES string of the molecule is CC(CCCN(C)CCc1ccccc1)Oc1ccc2c(c1)C1(CC2)CCC(C(=O)O)CC1. The van der Waals surface area contributed by atoms with Crippen LogP contribution in [0.3, 0.4) is 0 Å². The van der Waals surface area contributed by atoms with Crippen molar-refractivity contribution in [3.8, 4) is 5.75 Å². The molecule has 178 valence electrons. The highest BCUT2D eigenvalue weighted by atomic mass is 16.5. The molecular weight excluding hydrogens is 410 g/mol. The molecule has 0 radical (unpaired) electrons. The summed E-state index contributed by atoms with van der Waals surface area (Å²) in [5.41, 5.74) is 4.43. The Hall–Kier alpha value is -2.33. The maximum Gasteiger partial charge on any atom is 0.306 e. The molecule has 0 saturated heterocycles. The number of hydrogen-bond donors (Lipinski definition) is 1. The van der Waals surface area contributed by atoms with Crippen LogP contribution in [0.1, 0.15) is 68.6 Å². The maximum absolute atomic E-state index is 11.4. The topological polar surface area (TPSA) is 49.8 Å². The number of carboxylic acid groups (broad SMARTS) is 1. The lowest BCUT2D eigenvalue weighted by atomic mass is 9.67. The fourth-order valence-electron chi connectivity index (χ4n) is 5.80. The van der Waals surface area contributed by atoms with Crippen molar-refractivity contribution in [1.82, 2.24) is 4.90 Å². The second kappa shape index (κ2) is 10.7. The number of aliphatic carboxylic acids is 1. The zero-order valence-electron chi connectivity index (χ0n) is 20.3. The Morgan fingerprint density at radius 1 is 1.12 bits per heavy atom. The van der Waals surface area contributed by atoms with Crippen molar-refractivity contribution < 1.29 is 14.6 Å². The van der Waals surface area contributed by atoms with Gasteiger partial charge in [0.25, 0.3) is 0 Å². The molecule has 0 bridgehead atoms. The van der Waals surface area contributed by atoms with Gasteiger partial charge in [-0.2, -0.15) is 0 Å². The smallest absolute Gasteiger partial charge is 0.306 e. The molecule has 1 atom stereocenters. The Bertz CT molecular complexity index is 918. The fourth-order valence-corrected chi connectivity index (χ4v) is 5.80. The van der Waals surface area contributed by atoms with Gasteiger partial charge in [0.1, 0.15) is 5.75 Å². The standard InChI is InChI=1S/C29H39NO3/c1-22(7-6-19-30(2)20-15-23-8-4-3-5-9-23)33-26-11-10-24-12-16-29(27(24)21-26)17-13-25(14-18-29)28(31)32/h3-5,8-11,21-22,25H,6-7,12-20H2,1-2H3,(H,31,32). The third-order valence-corrected chi connectivity index (χ3v) is 7.93. The molecule has 0 amide bonds. The average Bonchev–Trinajstić information content (AvgIpc) is 3.16. The monoisotopic (exact) mass is 449 g/mol. The third-order valence-electron chi connectivity index (χ3n) is 7.93. The van der Waals surface area contributed by atoms with Crippen molar-refractivity contribution in [1.29, 1.82) is 0 Å². The third kappa shape index (κ3) is 5.97. The molecule has 4 heteroatoms. The van der Waals surface area contributed by atoms with E-state index in [0.717, 1.165) is 76.6 Å². The summed E-state index contributed by atoms with van der Waals surface area (Å²) in [6, 6.07) is 17.3. The van der Waals surface area contributed by atoms with Crippen LogP contribution in [-0.4, -0.2) is 42.2 Å². The van der Waals surface area contributed by atoms with E-state index in [0.29, 0.717) is 0 Å². The van der Waals surface area contributed by atoms with Gasteiger partial charge in [-0.05, 0) is 113 Å². The number of fused-ring (bicyclic) bond motifs is 2. The Morgan fingerprint density at radius 2 is 1.88 bits per heavy atom. The Balaban J connectivity index is 1.24. The van der Waals surface area contributed by atoms with Crippen LogP contribution in [0.2, 0.25) is 0 Å². The van der Waals surface area contributed by atoms with Gasteiger partial charge >= 0.3 is 5.97 Å². The Labute approximate surface area is 199 Å². The molecule has 2 aliphatic carbocycles. The van der Waals surface area contributed by atoms with E-state index < -0.39 is 5.97 Å². The summed E-state index contributed by atoms with van der Waals surface area (Å²) in [4.78, 5) is 13.8. The molecule has 1 N–H and O–H groups in total. The summed E-state index contributed by atoms with van der Waals surface area (Å²) in [6.07, 6.45) is 9.29. The molecule has 0 aromatic heterocycles. The molecule has 2 aromatic carbocycles. The van der Waals surface area contributed by atoms with Crippen molar-refractivity contribution in [2.24, 2.45) is 5.92 Å². The second-order valence-electron chi connectivity index (χ2n) is 10.3. The van der Waals surface area contributed by atoms with Gasteiger partial charge in [0.15, 0.2) is 0 Å². The van der Waals surface area contributed by atoms with Crippen LogP contribution in [0.4, 0.5) is 0 Å². The summed E-state index contributed by atoms with van der Waals surface area (Å²) in [7, 11) is 2.20. The van der Waals surface area contributed by atoms with Gasteiger partial charge < -0.3 is 14.7 Å². The number of rotatable bonds is 10. The number of likely N-dealkylation sites (N-methyl/N-ethyl adjacent to an activating group) is 1. The molecule has 2 aromatic rings. The summed E-state index contributed by atoms with van der Waals surface area (Å²) in [5.74, 6) is 0.185. The minimum absolute atomic E-state index is 0.162. The van der Waals surface area contributed by atoms with Crippen molar-refractivity contribution in [3.63, 3.8) is 0 Å². The van der Waals surface area contributed by atoms with Gasteiger partial charge in [0.05, 0.1) is 12.0 Å². The number of aryl methyl sites for hydroxylation is 1. The number of carboxylic acids is 1. The second-order valence-corrected chi connectivity index (χ2v) is 10.3. The molecule has 4 nitrogen and oxygen atoms in total. The van der Waals surface area contributed by atoms with Crippen LogP contribution in [0.15, 0.2) is 48.5 Å². The highest BCUT2D eigenvalue weighted by Crippen LogP contribution is 2.50. The average molecular weight is 450 g/mol. The number of benzene rings is 2. The first-order valence-electron chi connectivity index (χ1n) is 12.7. The molecule has 4 rings (SSSR count). The van der Waals surface area contributed by atoms with E-state index in [1.807, 2.05) is 0 Å². The molecule has 1 fully saturated rings. The molecule has 1 unspecified atom stereocenters. The first kappa shape index (κ1) is 23.8. The Morgan fingerprint density at radius 3 is 2.61 bits per heavy atom. The van der Waals surface area contributed by atoms with Gasteiger partial charge in [-0.3, -0.25) is 4.79 Å². The molecule has 33 heavy (non-hydrogen) atoms. The number of ether oxygens (including phenoxy) is 1. The van der Waals surface area contributed by atoms with Crippen LogP contribution in [0.25, 0.3) is 0 Å². The normalized spacial score (nSPS) is 22.9. The highest BCUT2D eigenvalue weighted by Gasteiger charge is 2.43. The fraction of sp³-hybridized carbons (Fsp3) is 0.552. The van der Waals surface area contributed by atoms with Crippen LogP contribution in [-0.2, 0) is 23.1 Å². The molecule has 2 aliphatic rings. The van der Waals surface area contributed by atoms with Gasteiger partial charge in [-0.25, -0.2) is 0 Å². The van der Waals surface area contributed by atoms with E-state index in [1.54, 1.807) is 0 Å². The van der Waals surface area contributed by atoms with Gasteiger partial charge in [-0.1, -0.05) is 36.4 Å². The van der Waals surface area contributed by atoms with E-state index in [-0.39, 0.29) is 17.4 Å². The van der Waals surface area contributed by atoms with E-state index in [2.05, 4.69) is 67.4 Å². The largest absolute Gasteiger partial charge is 0.491 e. The minimum Gasteiger partial charge on any atom is -0.491 e. The molecule has 1 saturated carbocycles. The molecule has 0 heterocycles. The summed E-state index contributed by atoms with van der Waals surface area (Å²) >= 11 is 0. The van der Waals surface area contributed by atoms with E-state index in [4.69, 9.17) is 4.74 Å². The van der Waals surface area contributed by atoms with Gasteiger partial charge in [0.2, 0.25) is 0 Å². The number of carbonyl (C=O) groups is 1. The molecule has 0 aliphatic heterocycles. The predicted molar refractivity (Wildman–Crippen MR) is 133 cm³/mol. The number of nitrogens with zero attached hydrogens (tertiary/aromatic N) is 1. The predicted octanol–water partition coefficient (Wildman–Crippen LogP) is 5.87. The van der Waals surface area contributed by atoms with Crippen molar-refractivity contribution in [3.05, 3.63) is 65.2 Å². The zero-order chi connectivity index (χ0) is 23.3. The zero-order valence-corrected chi connectivity index (χ0v) is 20.3. The first-order valence-corrected chi connectivity index (χ1v) is 12.7. The molecular formula is C29H39NO3. The lowest BCUT2D eigenvalue weighted by Crippen LogP contribution is -2.32. The summed E-state index contributed by atoms with van der Waals surface area (Å²) < 4.78 is 6.33.